The van der Waals surface area contributed by atoms with Crippen LogP contribution in [0.2, 0.25) is 0 Å². The summed E-state index contributed by atoms with van der Waals surface area (Å²) in [6, 6.07) is 11.9. The van der Waals surface area contributed by atoms with Gasteiger partial charge in [0.15, 0.2) is 11.5 Å². The van der Waals surface area contributed by atoms with E-state index in [0.29, 0.717) is 30.5 Å². The standard InChI is InChI=1S/C25H33N5O3/c1-17(15-26-18(2)31)19-7-9-20(10-8-19)29-25-21-13-24(33-12-6-11-30(3)4)23(32-5)14-22(21)27-16-28-25/h7-10,13-14,16-17H,6,11-12,15H2,1-5H3,(H,26,31)(H,27,28,29)/t17-/m1/s1. The fourth-order valence-corrected chi connectivity index (χ4v) is 3.45. The van der Waals surface area contributed by atoms with Crippen molar-refractivity contribution in [1.82, 2.24) is 20.2 Å². The van der Waals surface area contributed by atoms with Gasteiger partial charge < -0.3 is 25.0 Å². The van der Waals surface area contributed by atoms with Gasteiger partial charge in [-0.05, 0) is 50.2 Å². The molecule has 0 aliphatic carbocycles. The Hall–Kier alpha value is -3.39. The summed E-state index contributed by atoms with van der Waals surface area (Å²) in [6.45, 7) is 5.77. The fourth-order valence-electron chi connectivity index (χ4n) is 3.45. The van der Waals surface area contributed by atoms with Gasteiger partial charge in [-0.3, -0.25) is 4.79 Å². The Morgan fingerprint density at radius 2 is 1.88 bits per heavy atom. The van der Waals surface area contributed by atoms with Crippen LogP contribution in [0.25, 0.3) is 10.9 Å². The van der Waals surface area contributed by atoms with Gasteiger partial charge in [0.25, 0.3) is 0 Å². The molecule has 0 spiro atoms. The summed E-state index contributed by atoms with van der Waals surface area (Å²) in [5.41, 5.74) is 2.83. The number of aromatic nitrogens is 2. The van der Waals surface area contributed by atoms with E-state index in [0.717, 1.165) is 35.1 Å². The van der Waals surface area contributed by atoms with E-state index < -0.39 is 0 Å². The third kappa shape index (κ3) is 6.79. The van der Waals surface area contributed by atoms with E-state index in [4.69, 9.17) is 9.47 Å². The first-order chi connectivity index (χ1) is 15.9. The van der Waals surface area contributed by atoms with E-state index in [-0.39, 0.29) is 11.8 Å². The molecule has 2 aromatic carbocycles. The second-order valence-corrected chi connectivity index (χ2v) is 8.33. The molecule has 0 saturated carbocycles. The summed E-state index contributed by atoms with van der Waals surface area (Å²) >= 11 is 0. The van der Waals surface area contributed by atoms with Crippen molar-refractivity contribution in [3.8, 4) is 11.5 Å². The number of carbonyl (C=O) groups is 1. The molecule has 1 heterocycles. The van der Waals surface area contributed by atoms with Gasteiger partial charge in [0.1, 0.15) is 12.1 Å². The van der Waals surface area contributed by atoms with Gasteiger partial charge in [0.2, 0.25) is 5.91 Å². The molecular formula is C25H33N5O3. The summed E-state index contributed by atoms with van der Waals surface area (Å²) in [5.74, 6) is 2.22. The van der Waals surface area contributed by atoms with Crippen molar-refractivity contribution in [2.45, 2.75) is 26.2 Å². The fraction of sp³-hybridized carbons (Fsp3) is 0.400. The summed E-state index contributed by atoms with van der Waals surface area (Å²) in [6.07, 6.45) is 2.45. The molecule has 1 aromatic heterocycles. The molecule has 0 unspecified atom stereocenters. The van der Waals surface area contributed by atoms with Gasteiger partial charge in [-0.25, -0.2) is 9.97 Å². The Morgan fingerprint density at radius 3 is 2.55 bits per heavy atom. The highest BCUT2D eigenvalue weighted by Crippen LogP contribution is 2.35. The summed E-state index contributed by atoms with van der Waals surface area (Å²) < 4.78 is 11.5. The number of methoxy groups -OCH3 is 1. The van der Waals surface area contributed by atoms with Crippen LogP contribution in [0.5, 0.6) is 11.5 Å². The first-order valence-corrected chi connectivity index (χ1v) is 11.1. The zero-order valence-electron chi connectivity index (χ0n) is 20.0. The molecule has 8 nitrogen and oxygen atoms in total. The van der Waals surface area contributed by atoms with Crippen LogP contribution in [-0.4, -0.2) is 61.7 Å². The van der Waals surface area contributed by atoms with Gasteiger partial charge in [-0.1, -0.05) is 19.1 Å². The van der Waals surface area contributed by atoms with Crippen molar-refractivity contribution < 1.29 is 14.3 Å². The minimum atomic E-state index is -0.0199. The third-order valence-corrected chi connectivity index (χ3v) is 5.33. The average Bonchev–Trinajstić information content (AvgIpc) is 2.80. The van der Waals surface area contributed by atoms with Crippen LogP contribution in [0.1, 0.15) is 31.7 Å². The number of ether oxygens (including phenoxy) is 2. The number of fused-ring (bicyclic) bond motifs is 1. The third-order valence-electron chi connectivity index (χ3n) is 5.33. The maximum absolute atomic E-state index is 11.2. The number of amides is 1. The van der Waals surface area contributed by atoms with E-state index >= 15 is 0 Å². The Balaban J connectivity index is 1.78. The van der Waals surface area contributed by atoms with E-state index in [9.17, 15) is 4.79 Å². The first-order valence-electron chi connectivity index (χ1n) is 11.1. The van der Waals surface area contributed by atoms with E-state index in [2.05, 4.69) is 44.6 Å². The number of nitrogens with one attached hydrogen (secondary N) is 2. The number of carbonyl (C=O) groups excluding carboxylic acids is 1. The molecule has 0 aliphatic heterocycles. The first kappa shape index (κ1) is 24.3. The largest absolute Gasteiger partial charge is 0.493 e. The van der Waals surface area contributed by atoms with Crippen LogP contribution in [0, 0.1) is 0 Å². The predicted molar refractivity (Wildman–Crippen MR) is 132 cm³/mol. The second-order valence-electron chi connectivity index (χ2n) is 8.33. The number of benzene rings is 2. The van der Waals surface area contributed by atoms with Gasteiger partial charge >= 0.3 is 0 Å². The Morgan fingerprint density at radius 1 is 1.12 bits per heavy atom. The van der Waals surface area contributed by atoms with Gasteiger partial charge in [-0.15, -0.1) is 0 Å². The van der Waals surface area contributed by atoms with Gasteiger partial charge in [0, 0.05) is 37.2 Å². The van der Waals surface area contributed by atoms with Crippen molar-refractivity contribution >= 4 is 28.3 Å². The van der Waals surface area contributed by atoms with Crippen LogP contribution in [0.15, 0.2) is 42.7 Å². The second kappa shape index (κ2) is 11.5. The molecule has 0 fully saturated rings. The van der Waals surface area contributed by atoms with E-state index in [1.165, 1.54) is 13.3 Å². The number of nitrogens with zero attached hydrogens (tertiary/aromatic N) is 3. The number of rotatable bonds is 11. The monoisotopic (exact) mass is 451 g/mol. The zero-order valence-corrected chi connectivity index (χ0v) is 20.0. The Kier molecular flexibility index (Phi) is 8.43. The Labute approximate surface area is 195 Å². The Bertz CT molecular complexity index is 1070. The molecule has 176 valence electrons. The molecule has 33 heavy (non-hydrogen) atoms. The molecular weight excluding hydrogens is 418 g/mol. The van der Waals surface area contributed by atoms with Gasteiger partial charge in [-0.2, -0.15) is 0 Å². The van der Waals surface area contributed by atoms with Crippen molar-refractivity contribution in [3.05, 3.63) is 48.3 Å². The lowest BCUT2D eigenvalue weighted by Gasteiger charge is -2.15. The van der Waals surface area contributed by atoms with Crippen LogP contribution in [0.3, 0.4) is 0 Å². The molecule has 1 atom stereocenters. The minimum absolute atomic E-state index is 0.0199. The van der Waals surface area contributed by atoms with Crippen molar-refractivity contribution in [1.29, 1.82) is 0 Å². The van der Waals surface area contributed by atoms with E-state index in [1.807, 2.05) is 38.4 Å². The van der Waals surface area contributed by atoms with Crippen LogP contribution >= 0.6 is 0 Å². The summed E-state index contributed by atoms with van der Waals surface area (Å²) in [5, 5.41) is 7.10. The minimum Gasteiger partial charge on any atom is -0.493 e. The van der Waals surface area contributed by atoms with Crippen LogP contribution < -0.4 is 20.1 Å². The molecule has 2 N–H and O–H groups in total. The quantitative estimate of drug-likeness (QED) is 0.427. The lowest BCUT2D eigenvalue weighted by atomic mass is 10.0. The molecule has 0 aliphatic rings. The number of hydrogen-bond donors (Lipinski definition) is 2. The lowest BCUT2D eigenvalue weighted by Crippen LogP contribution is -2.24. The van der Waals surface area contributed by atoms with E-state index in [1.54, 1.807) is 7.11 Å². The lowest BCUT2D eigenvalue weighted by molar-refractivity contribution is -0.119. The molecule has 3 rings (SSSR count). The van der Waals surface area contributed by atoms with Gasteiger partial charge in [0.05, 0.1) is 19.2 Å². The normalized spacial score (nSPS) is 11.9. The number of hydrogen-bond acceptors (Lipinski definition) is 7. The molecule has 0 bridgehead atoms. The zero-order chi connectivity index (χ0) is 23.8. The summed E-state index contributed by atoms with van der Waals surface area (Å²) in [4.78, 5) is 22.1. The van der Waals surface area contributed by atoms with Crippen molar-refractivity contribution in [2.24, 2.45) is 0 Å². The highest BCUT2D eigenvalue weighted by atomic mass is 16.5. The maximum atomic E-state index is 11.2. The molecule has 3 aromatic rings. The van der Waals surface area contributed by atoms with Crippen LogP contribution in [0.4, 0.5) is 11.5 Å². The molecule has 0 saturated heterocycles. The average molecular weight is 452 g/mol. The van der Waals surface area contributed by atoms with Crippen LogP contribution in [-0.2, 0) is 4.79 Å². The topological polar surface area (TPSA) is 88.6 Å². The SMILES string of the molecule is COc1cc2ncnc(Nc3ccc([C@H](C)CNC(C)=O)cc3)c2cc1OCCCN(C)C. The highest BCUT2D eigenvalue weighted by Gasteiger charge is 2.13. The number of anilines is 2. The molecule has 0 radical (unpaired) electrons. The molecule has 1 amide bonds. The highest BCUT2D eigenvalue weighted by molar-refractivity contribution is 5.93. The maximum Gasteiger partial charge on any atom is 0.216 e. The van der Waals surface area contributed by atoms with Crippen molar-refractivity contribution in [3.63, 3.8) is 0 Å². The molecule has 8 heteroatoms. The predicted octanol–water partition coefficient (Wildman–Crippen LogP) is 3.95. The summed E-state index contributed by atoms with van der Waals surface area (Å²) in [7, 11) is 5.72. The van der Waals surface area contributed by atoms with Crippen molar-refractivity contribution in [2.75, 3.05) is 46.2 Å². The smallest absolute Gasteiger partial charge is 0.216 e.